The minimum absolute atomic E-state index is 0.0308. The molecule has 0 saturated carbocycles. The molecule has 0 spiro atoms. The molecule has 1 unspecified atom stereocenters. The maximum atomic E-state index is 9.31. The van der Waals surface area contributed by atoms with Crippen LogP contribution in [0.25, 0.3) is 82.2 Å². The van der Waals surface area contributed by atoms with Gasteiger partial charge in [0.05, 0.1) is 5.71 Å². The Bertz CT molecular complexity index is 3630. The first-order valence-corrected chi connectivity index (χ1v) is 20.5. The van der Waals surface area contributed by atoms with Crippen LogP contribution < -0.4 is 0 Å². The van der Waals surface area contributed by atoms with Gasteiger partial charge in [0, 0.05) is 33.4 Å². The number of benzene rings is 10. The lowest BCUT2D eigenvalue weighted by Gasteiger charge is -2.16. The van der Waals surface area contributed by atoms with Crippen LogP contribution in [0.4, 0.5) is 0 Å². The number of nitrogens with one attached hydrogen (secondary N) is 1. The number of nitrogens with zero attached hydrogens (tertiary/aromatic N) is 1. The van der Waals surface area contributed by atoms with E-state index in [9.17, 15) is 5.41 Å². The lowest BCUT2D eigenvalue weighted by atomic mass is 9.86. The number of aliphatic imine (C=N–C) groups is 1. The van der Waals surface area contributed by atoms with Crippen molar-refractivity contribution in [2.45, 2.75) is 5.92 Å². The molecular formula is C57H36N2O. The highest BCUT2D eigenvalue weighted by Crippen LogP contribution is 2.50. The van der Waals surface area contributed by atoms with Gasteiger partial charge in [0.2, 0.25) is 0 Å². The zero-order valence-electron chi connectivity index (χ0n) is 32.6. The summed E-state index contributed by atoms with van der Waals surface area (Å²) in [6, 6.07) is 68.9. The average molecular weight is 765 g/mol. The van der Waals surface area contributed by atoms with Crippen LogP contribution in [0, 0.1) is 5.41 Å². The molecule has 280 valence electrons. The molecule has 1 heterocycles. The Kier molecular flexibility index (Phi) is 7.76. The average Bonchev–Trinajstić information content (AvgIpc) is 3.83. The zero-order chi connectivity index (χ0) is 39.7. The Morgan fingerprint density at radius 1 is 0.467 bits per heavy atom. The highest BCUT2D eigenvalue weighted by Gasteiger charge is 2.31. The molecule has 0 fully saturated rings. The van der Waals surface area contributed by atoms with Crippen molar-refractivity contribution in [1.82, 2.24) is 0 Å². The van der Waals surface area contributed by atoms with Crippen LogP contribution in [0.3, 0.4) is 0 Å². The summed E-state index contributed by atoms with van der Waals surface area (Å²) in [6.07, 6.45) is 4.17. The molecule has 0 amide bonds. The van der Waals surface area contributed by atoms with Crippen LogP contribution in [-0.4, -0.2) is 11.5 Å². The van der Waals surface area contributed by atoms with Gasteiger partial charge in [-0.25, -0.2) is 4.99 Å². The molecule has 0 radical (unpaired) electrons. The standard InChI is InChI=1S/C57H36N2O/c58-57(43-24-26-46-41(28-43)23-22-35-12-8-9-19-45(35)46)59-53(36-13-2-1-3-14-36)27-25-42-29-44(33-52-50-31-38-16-6-7-18-40(38)34-54(50)60-56(42)52)55-48-21-11-10-20-47(48)49-30-37-15-4-5-17-39(37)32-51(49)55/h1-34,55,58H/b27-25+,58-57?,59-53+. The van der Waals surface area contributed by atoms with E-state index in [0.717, 1.165) is 49.4 Å². The second-order valence-corrected chi connectivity index (χ2v) is 15.9. The Labute approximate surface area is 346 Å². The fraction of sp³-hybridized carbons (Fsp3) is 0.0175. The van der Waals surface area contributed by atoms with Crippen LogP contribution in [-0.2, 0) is 0 Å². The summed E-state index contributed by atoms with van der Waals surface area (Å²) in [4.78, 5) is 5.03. The summed E-state index contributed by atoms with van der Waals surface area (Å²) >= 11 is 0. The van der Waals surface area contributed by atoms with Crippen molar-refractivity contribution in [3.63, 3.8) is 0 Å². The predicted octanol–water partition coefficient (Wildman–Crippen LogP) is 14.9. The summed E-state index contributed by atoms with van der Waals surface area (Å²) in [7, 11) is 0. The molecule has 0 bridgehead atoms. The minimum Gasteiger partial charge on any atom is -0.455 e. The monoisotopic (exact) mass is 764 g/mol. The number of fused-ring (bicyclic) bond motifs is 11. The van der Waals surface area contributed by atoms with Crippen molar-refractivity contribution in [2.24, 2.45) is 4.99 Å². The van der Waals surface area contributed by atoms with E-state index in [2.05, 4.69) is 176 Å². The molecule has 1 aliphatic rings. The number of hydrogen-bond donors (Lipinski definition) is 1. The predicted molar refractivity (Wildman–Crippen MR) is 252 cm³/mol. The number of amidine groups is 1. The molecule has 11 aromatic rings. The van der Waals surface area contributed by atoms with E-state index >= 15 is 0 Å². The van der Waals surface area contributed by atoms with Gasteiger partial charge in [0.15, 0.2) is 5.84 Å². The minimum atomic E-state index is 0.0308. The van der Waals surface area contributed by atoms with E-state index in [4.69, 9.17) is 9.41 Å². The molecule has 1 aromatic heterocycles. The van der Waals surface area contributed by atoms with Crippen molar-refractivity contribution in [3.8, 4) is 11.1 Å². The molecule has 12 rings (SSSR count). The first-order chi connectivity index (χ1) is 29.6. The van der Waals surface area contributed by atoms with E-state index < -0.39 is 0 Å². The maximum absolute atomic E-state index is 9.31. The second-order valence-electron chi connectivity index (χ2n) is 15.9. The van der Waals surface area contributed by atoms with Crippen LogP contribution in [0.15, 0.2) is 210 Å². The number of furan rings is 1. The van der Waals surface area contributed by atoms with Crippen molar-refractivity contribution in [2.75, 3.05) is 0 Å². The molecule has 10 aromatic carbocycles. The second kappa shape index (κ2) is 13.6. The van der Waals surface area contributed by atoms with Crippen LogP contribution in [0.5, 0.6) is 0 Å². The van der Waals surface area contributed by atoms with Crippen LogP contribution >= 0.6 is 0 Å². The molecule has 1 atom stereocenters. The summed E-state index contributed by atoms with van der Waals surface area (Å²) < 4.78 is 6.83. The molecule has 0 aliphatic heterocycles. The number of rotatable bonds is 5. The summed E-state index contributed by atoms with van der Waals surface area (Å²) in [6.45, 7) is 0. The van der Waals surface area contributed by atoms with Crippen molar-refractivity contribution < 1.29 is 4.42 Å². The van der Waals surface area contributed by atoms with Crippen molar-refractivity contribution in [1.29, 1.82) is 5.41 Å². The molecule has 1 aliphatic carbocycles. The fourth-order valence-corrected chi connectivity index (χ4v) is 9.47. The normalized spacial score (nSPS) is 13.9. The Balaban J connectivity index is 1.04. The van der Waals surface area contributed by atoms with Gasteiger partial charge < -0.3 is 4.42 Å². The fourth-order valence-electron chi connectivity index (χ4n) is 9.47. The Morgan fingerprint density at radius 2 is 1.13 bits per heavy atom. The number of allylic oxidation sites excluding steroid dienone is 1. The summed E-state index contributed by atoms with van der Waals surface area (Å²) in [5, 5.41) is 20.9. The largest absolute Gasteiger partial charge is 0.455 e. The van der Waals surface area contributed by atoms with E-state index in [1.807, 2.05) is 30.3 Å². The third kappa shape index (κ3) is 5.59. The van der Waals surface area contributed by atoms with Gasteiger partial charge in [0.1, 0.15) is 11.2 Å². The van der Waals surface area contributed by atoms with E-state index in [-0.39, 0.29) is 11.8 Å². The topological polar surface area (TPSA) is 49.4 Å². The van der Waals surface area contributed by atoms with Crippen LogP contribution in [0.1, 0.15) is 39.3 Å². The maximum Gasteiger partial charge on any atom is 0.152 e. The first kappa shape index (κ1) is 34.2. The van der Waals surface area contributed by atoms with Crippen molar-refractivity contribution in [3.05, 3.63) is 234 Å². The zero-order valence-corrected chi connectivity index (χ0v) is 32.6. The van der Waals surface area contributed by atoms with Gasteiger partial charge in [-0.1, -0.05) is 152 Å². The van der Waals surface area contributed by atoms with E-state index in [1.54, 1.807) is 0 Å². The highest BCUT2D eigenvalue weighted by molar-refractivity contribution is 6.19. The smallest absolute Gasteiger partial charge is 0.152 e. The Morgan fingerprint density at radius 3 is 1.97 bits per heavy atom. The first-order valence-electron chi connectivity index (χ1n) is 20.5. The molecule has 0 saturated heterocycles. The molecule has 3 heteroatoms. The molecule has 1 N–H and O–H groups in total. The van der Waals surface area contributed by atoms with Gasteiger partial charge in [-0.3, -0.25) is 5.41 Å². The van der Waals surface area contributed by atoms with Crippen molar-refractivity contribution >= 4 is 82.7 Å². The molecular weight excluding hydrogens is 729 g/mol. The lowest BCUT2D eigenvalue weighted by Crippen LogP contribution is -2.04. The third-order valence-corrected chi connectivity index (χ3v) is 12.4. The summed E-state index contributed by atoms with van der Waals surface area (Å²) in [5.41, 5.74) is 11.4. The van der Waals surface area contributed by atoms with E-state index in [0.29, 0.717) is 5.71 Å². The van der Waals surface area contributed by atoms with E-state index in [1.165, 1.54) is 60.1 Å². The molecule has 3 nitrogen and oxygen atoms in total. The number of hydrogen-bond acceptors (Lipinski definition) is 2. The highest BCUT2D eigenvalue weighted by atomic mass is 16.3. The van der Waals surface area contributed by atoms with Crippen LogP contribution in [0.2, 0.25) is 0 Å². The lowest BCUT2D eigenvalue weighted by molar-refractivity contribution is 0.668. The van der Waals surface area contributed by atoms with Gasteiger partial charge in [-0.15, -0.1) is 0 Å². The quantitative estimate of drug-likeness (QED) is 0.106. The SMILES string of the molecule is N=C(/N=C(\C=C\c1cc(C2c3ccccc3-c3cc4ccccc4cc32)cc2c1oc1cc3ccccc3cc12)c1ccccc1)c1ccc2c(ccc3ccccc32)c1. The van der Waals surface area contributed by atoms with Gasteiger partial charge in [-0.2, -0.15) is 0 Å². The van der Waals surface area contributed by atoms with Gasteiger partial charge in [-0.05, 0) is 126 Å². The molecule has 60 heavy (non-hydrogen) atoms. The third-order valence-electron chi connectivity index (χ3n) is 12.4. The summed E-state index contributed by atoms with van der Waals surface area (Å²) in [5.74, 6) is 0.234. The Hall–Kier alpha value is -7.88. The van der Waals surface area contributed by atoms with Gasteiger partial charge >= 0.3 is 0 Å². The van der Waals surface area contributed by atoms with Gasteiger partial charge in [0.25, 0.3) is 0 Å².